The van der Waals surface area contributed by atoms with E-state index >= 15 is 0 Å². The van der Waals surface area contributed by atoms with Crippen LogP contribution in [0.4, 0.5) is 0 Å². The molecule has 200 valence electrons. The van der Waals surface area contributed by atoms with Crippen LogP contribution in [0.15, 0.2) is 0 Å². The molecule has 0 aliphatic carbocycles. The van der Waals surface area contributed by atoms with Crippen molar-refractivity contribution < 1.29 is 74.4 Å². The summed E-state index contributed by atoms with van der Waals surface area (Å²) in [7, 11) is 1.27. The second-order valence-corrected chi connectivity index (χ2v) is 8.53. The Kier molecular flexibility index (Phi) is 9.57. The average Bonchev–Trinajstić information content (AvgIpc) is 2.82. The van der Waals surface area contributed by atoms with E-state index in [2.05, 4.69) is 0 Å². The zero-order chi connectivity index (χ0) is 25.3. The Morgan fingerprint density at radius 2 is 1.12 bits per heavy atom. The van der Waals surface area contributed by atoms with E-state index in [1.165, 1.54) is 14.0 Å². The maximum absolute atomic E-state index is 10.7. The summed E-state index contributed by atoms with van der Waals surface area (Å²) < 4.78 is 32.4. The van der Waals surface area contributed by atoms with Crippen LogP contribution in [-0.4, -0.2) is 158 Å². The molecule has 0 aromatic carbocycles. The summed E-state index contributed by atoms with van der Waals surface area (Å²) >= 11 is 0. The molecule has 0 unspecified atom stereocenters. The lowest BCUT2D eigenvalue weighted by molar-refractivity contribution is -0.376. The lowest BCUT2D eigenvalue weighted by Gasteiger charge is -2.48. The number of aliphatic hydroxyl groups is 9. The number of rotatable bonds is 7. The van der Waals surface area contributed by atoms with Crippen molar-refractivity contribution in [3.05, 3.63) is 0 Å². The molecule has 9 N–H and O–H groups in total. The van der Waals surface area contributed by atoms with Gasteiger partial charge < -0.3 is 74.4 Å². The monoisotopic (exact) mass is 502 g/mol. The summed E-state index contributed by atoms with van der Waals surface area (Å²) in [6.45, 7) is 0.0722. The summed E-state index contributed by atoms with van der Waals surface area (Å²) in [5.74, 6) is 0. The highest BCUT2D eigenvalue weighted by Gasteiger charge is 2.53. The molecule has 0 spiro atoms. The first kappa shape index (κ1) is 28.0. The summed E-state index contributed by atoms with van der Waals surface area (Å²) in [6, 6.07) is 0. The Morgan fingerprint density at radius 1 is 0.588 bits per heavy atom. The third-order valence-electron chi connectivity index (χ3n) is 6.29. The quantitative estimate of drug-likeness (QED) is 0.157. The van der Waals surface area contributed by atoms with Crippen molar-refractivity contribution in [2.45, 2.75) is 99.0 Å². The number of methoxy groups -OCH3 is 1. The van der Waals surface area contributed by atoms with Crippen molar-refractivity contribution in [3.63, 3.8) is 0 Å². The fourth-order valence-corrected chi connectivity index (χ4v) is 4.29. The lowest BCUT2D eigenvalue weighted by atomic mass is 9.96. The van der Waals surface area contributed by atoms with Crippen molar-refractivity contribution in [2.75, 3.05) is 20.3 Å². The molecular weight excluding hydrogens is 468 g/mol. The molecule has 15 heteroatoms. The third-order valence-corrected chi connectivity index (χ3v) is 6.29. The molecular formula is C19H34O15. The fourth-order valence-electron chi connectivity index (χ4n) is 4.29. The van der Waals surface area contributed by atoms with Gasteiger partial charge in [0.15, 0.2) is 18.9 Å². The van der Waals surface area contributed by atoms with Gasteiger partial charge in [-0.2, -0.15) is 0 Å². The molecule has 15 nitrogen and oxygen atoms in total. The van der Waals surface area contributed by atoms with Gasteiger partial charge in [-0.3, -0.25) is 0 Å². The van der Waals surface area contributed by atoms with E-state index in [-0.39, 0.29) is 0 Å². The molecule has 3 aliphatic rings. The van der Waals surface area contributed by atoms with Gasteiger partial charge in [-0.1, -0.05) is 0 Å². The van der Waals surface area contributed by atoms with Gasteiger partial charge >= 0.3 is 0 Å². The van der Waals surface area contributed by atoms with E-state index in [1.807, 2.05) is 0 Å². The van der Waals surface area contributed by atoms with E-state index in [1.54, 1.807) is 0 Å². The largest absolute Gasteiger partial charge is 0.394 e. The van der Waals surface area contributed by atoms with E-state index in [0.717, 1.165) is 0 Å². The van der Waals surface area contributed by atoms with Gasteiger partial charge in [-0.25, -0.2) is 0 Å². The van der Waals surface area contributed by atoms with Gasteiger partial charge in [-0.15, -0.1) is 0 Å². The number of aliphatic hydroxyl groups excluding tert-OH is 9. The predicted molar refractivity (Wildman–Crippen MR) is 105 cm³/mol. The minimum atomic E-state index is -1.79. The van der Waals surface area contributed by atoms with Gasteiger partial charge in [-0.05, 0) is 6.92 Å². The van der Waals surface area contributed by atoms with Gasteiger partial charge in [0, 0.05) is 7.11 Å². The molecule has 0 radical (unpaired) electrons. The number of ether oxygens (including phenoxy) is 6. The van der Waals surface area contributed by atoms with Crippen LogP contribution in [0.25, 0.3) is 0 Å². The number of hydrogen-bond donors (Lipinski definition) is 9. The molecule has 3 heterocycles. The molecule has 3 aliphatic heterocycles. The lowest BCUT2D eigenvalue weighted by Crippen LogP contribution is -2.66. The maximum Gasteiger partial charge on any atom is 0.187 e. The van der Waals surface area contributed by atoms with Gasteiger partial charge in [0.2, 0.25) is 0 Å². The highest BCUT2D eigenvalue weighted by Crippen LogP contribution is 2.32. The van der Waals surface area contributed by atoms with E-state index in [0.29, 0.717) is 0 Å². The van der Waals surface area contributed by atoms with Crippen molar-refractivity contribution >= 4 is 0 Å². The average molecular weight is 502 g/mol. The van der Waals surface area contributed by atoms with Crippen LogP contribution in [0.2, 0.25) is 0 Å². The first-order valence-corrected chi connectivity index (χ1v) is 10.8. The highest BCUT2D eigenvalue weighted by molar-refractivity contribution is 4.96. The molecule has 3 fully saturated rings. The Hall–Kier alpha value is -0.600. The summed E-state index contributed by atoms with van der Waals surface area (Å²) in [5, 5.41) is 90.3. The Balaban J connectivity index is 1.72. The minimum absolute atomic E-state index is 0.709. The smallest absolute Gasteiger partial charge is 0.187 e. The predicted octanol–water partition coefficient (Wildman–Crippen LogP) is -5.89. The van der Waals surface area contributed by atoms with Crippen LogP contribution in [0.5, 0.6) is 0 Å². The van der Waals surface area contributed by atoms with Gasteiger partial charge in [0.1, 0.15) is 67.1 Å². The molecule has 0 aromatic heterocycles. The summed E-state index contributed by atoms with van der Waals surface area (Å²) in [6.07, 6.45) is -22.0. The van der Waals surface area contributed by atoms with Crippen LogP contribution in [-0.2, 0) is 28.4 Å². The topological polar surface area (TPSA) is 237 Å². The van der Waals surface area contributed by atoms with Crippen LogP contribution in [0.3, 0.4) is 0 Å². The maximum atomic E-state index is 10.7. The van der Waals surface area contributed by atoms with Gasteiger partial charge in [0.05, 0.1) is 19.3 Å². The zero-order valence-corrected chi connectivity index (χ0v) is 18.5. The molecule has 3 rings (SSSR count). The van der Waals surface area contributed by atoms with Crippen LogP contribution in [0.1, 0.15) is 6.92 Å². The summed E-state index contributed by atoms with van der Waals surface area (Å²) in [5.41, 5.74) is 0. The van der Waals surface area contributed by atoms with Gasteiger partial charge in [0.25, 0.3) is 0 Å². The first-order valence-electron chi connectivity index (χ1n) is 10.8. The molecule has 34 heavy (non-hydrogen) atoms. The Bertz CT molecular complexity index is 637. The molecule has 0 amide bonds. The first-order chi connectivity index (χ1) is 16.0. The third kappa shape index (κ3) is 5.39. The Labute approximate surface area is 194 Å². The standard InChI is InChI=1S/C19H34O15/c1-5-14(16(29-2)13(27)17(28)30-5)33-19-12(26)10(24)15(7(4-21)32-19)34-18-11(25)9(23)8(22)6(3-20)31-18/h5-28H,3-4H2,1-2H3/t5-,6-,7-,8-,9+,10-,11-,12-,13-,14+,15-,16-,17-,18+,19+/m1/s1. The molecule has 0 bridgehead atoms. The van der Waals surface area contributed by atoms with Crippen molar-refractivity contribution in [1.29, 1.82) is 0 Å². The second kappa shape index (κ2) is 11.6. The molecule has 3 saturated heterocycles. The van der Waals surface area contributed by atoms with Crippen molar-refractivity contribution in [3.8, 4) is 0 Å². The normalized spacial score (nSPS) is 52.5. The van der Waals surface area contributed by atoms with Crippen LogP contribution < -0.4 is 0 Å². The Morgan fingerprint density at radius 3 is 1.68 bits per heavy atom. The van der Waals surface area contributed by atoms with E-state index in [9.17, 15) is 46.0 Å². The zero-order valence-electron chi connectivity index (χ0n) is 18.5. The SMILES string of the molecule is CO[C@@H]1[C@@H](O)[C@H](O)O[C@H](C)[C@@H]1O[C@@H]1O[C@H](CO)[C@@H](O[C@@H]2O[C@H](CO)[C@@H](O)[C@H](O)[C@H]2O)[C@H](O)[C@H]1O. The van der Waals surface area contributed by atoms with E-state index < -0.39 is 105 Å². The molecule has 0 saturated carbocycles. The van der Waals surface area contributed by atoms with E-state index in [4.69, 9.17) is 28.4 Å². The van der Waals surface area contributed by atoms with Crippen molar-refractivity contribution in [1.82, 2.24) is 0 Å². The summed E-state index contributed by atoms with van der Waals surface area (Å²) in [4.78, 5) is 0. The van der Waals surface area contributed by atoms with Crippen LogP contribution in [0, 0.1) is 0 Å². The highest BCUT2D eigenvalue weighted by atomic mass is 16.8. The number of hydrogen-bond acceptors (Lipinski definition) is 15. The molecule has 15 atom stereocenters. The molecule has 0 aromatic rings. The van der Waals surface area contributed by atoms with Crippen molar-refractivity contribution in [2.24, 2.45) is 0 Å². The fraction of sp³-hybridized carbons (Fsp3) is 1.00. The van der Waals surface area contributed by atoms with Crippen LogP contribution >= 0.6 is 0 Å². The minimum Gasteiger partial charge on any atom is -0.394 e. The second-order valence-electron chi connectivity index (χ2n) is 8.53.